The molecule has 0 amide bonds. The number of nitrogens with zero attached hydrogens (tertiary/aromatic N) is 1. The summed E-state index contributed by atoms with van der Waals surface area (Å²) in [5.74, 6) is 1.36. The SMILES string of the molecule is CC(CN1CCC(C(C)C)C1)C(=O)OCc1ccccc1. The number of rotatable bonds is 6. The molecule has 1 aromatic carbocycles. The summed E-state index contributed by atoms with van der Waals surface area (Å²) in [5, 5.41) is 0. The molecule has 2 unspecified atom stereocenters. The molecule has 1 aliphatic rings. The van der Waals surface area contributed by atoms with Gasteiger partial charge in [-0.25, -0.2) is 0 Å². The largest absolute Gasteiger partial charge is 0.461 e. The minimum absolute atomic E-state index is 0.0559. The van der Waals surface area contributed by atoms with Crippen molar-refractivity contribution in [2.45, 2.75) is 33.8 Å². The first-order valence-corrected chi connectivity index (χ1v) is 7.99. The third-order valence-electron chi connectivity index (χ3n) is 4.41. The van der Waals surface area contributed by atoms with Gasteiger partial charge in [0.05, 0.1) is 5.92 Å². The molecular formula is C18H27NO2. The molecule has 21 heavy (non-hydrogen) atoms. The molecule has 1 saturated heterocycles. The fraction of sp³-hybridized carbons (Fsp3) is 0.611. The molecule has 0 aliphatic carbocycles. The molecule has 0 spiro atoms. The van der Waals surface area contributed by atoms with Gasteiger partial charge in [-0.15, -0.1) is 0 Å². The van der Waals surface area contributed by atoms with E-state index in [4.69, 9.17) is 4.74 Å². The molecule has 3 heteroatoms. The molecule has 3 nitrogen and oxygen atoms in total. The minimum Gasteiger partial charge on any atom is -0.461 e. The standard InChI is InChI=1S/C18H27NO2/c1-14(2)17-9-10-19(12-17)11-15(3)18(20)21-13-16-7-5-4-6-8-16/h4-8,14-15,17H,9-13H2,1-3H3. The zero-order valence-electron chi connectivity index (χ0n) is 13.4. The average molecular weight is 289 g/mol. The lowest BCUT2D eigenvalue weighted by Gasteiger charge is -2.21. The molecule has 0 aromatic heterocycles. The van der Waals surface area contributed by atoms with Crippen molar-refractivity contribution in [1.29, 1.82) is 0 Å². The van der Waals surface area contributed by atoms with Crippen molar-refractivity contribution < 1.29 is 9.53 Å². The molecule has 0 bridgehead atoms. The van der Waals surface area contributed by atoms with E-state index in [1.165, 1.54) is 6.42 Å². The third kappa shape index (κ3) is 4.85. The smallest absolute Gasteiger partial charge is 0.310 e. The zero-order valence-corrected chi connectivity index (χ0v) is 13.4. The average Bonchev–Trinajstić information content (AvgIpc) is 2.94. The van der Waals surface area contributed by atoms with Gasteiger partial charge < -0.3 is 9.64 Å². The highest BCUT2D eigenvalue weighted by atomic mass is 16.5. The van der Waals surface area contributed by atoms with Crippen LogP contribution >= 0.6 is 0 Å². The van der Waals surface area contributed by atoms with Crippen LogP contribution in [0.2, 0.25) is 0 Å². The van der Waals surface area contributed by atoms with Crippen molar-refractivity contribution in [3.63, 3.8) is 0 Å². The molecule has 2 atom stereocenters. The van der Waals surface area contributed by atoms with E-state index in [1.807, 2.05) is 37.3 Å². The summed E-state index contributed by atoms with van der Waals surface area (Å²) in [5.41, 5.74) is 1.04. The third-order valence-corrected chi connectivity index (χ3v) is 4.41. The van der Waals surface area contributed by atoms with Crippen LogP contribution in [0.3, 0.4) is 0 Å². The van der Waals surface area contributed by atoms with Crippen LogP contribution in [0.4, 0.5) is 0 Å². The van der Waals surface area contributed by atoms with Crippen LogP contribution in [0.1, 0.15) is 32.8 Å². The van der Waals surface area contributed by atoms with Crippen molar-refractivity contribution in [3.8, 4) is 0 Å². The molecule has 116 valence electrons. The molecular weight excluding hydrogens is 262 g/mol. The van der Waals surface area contributed by atoms with Crippen LogP contribution in [-0.2, 0) is 16.1 Å². The van der Waals surface area contributed by atoms with Crippen molar-refractivity contribution in [3.05, 3.63) is 35.9 Å². The molecule has 0 radical (unpaired) electrons. The lowest BCUT2D eigenvalue weighted by atomic mass is 9.95. The van der Waals surface area contributed by atoms with Gasteiger partial charge in [0.25, 0.3) is 0 Å². The Balaban J connectivity index is 1.73. The Hall–Kier alpha value is -1.35. The predicted octanol–water partition coefficient (Wildman–Crippen LogP) is 3.34. The lowest BCUT2D eigenvalue weighted by Crippen LogP contribution is -2.31. The van der Waals surface area contributed by atoms with E-state index in [0.29, 0.717) is 6.61 Å². The van der Waals surface area contributed by atoms with E-state index in [9.17, 15) is 4.79 Å². The first kappa shape index (κ1) is 16.0. The summed E-state index contributed by atoms with van der Waals surface area (Å²) < 4.78 is 5.41. The molecule has 0 saturated carbocycles. The minimum atomic E-state index is -0.0909. The van der Waals surface area contributed by atoms with Crippen molar-refractivity contribution in [2.75, 3.05) is 19.6 Å². The fourth-order valence-electron chi connectivity index (χ4n) is 2.91. The quantitative estimate of drug-likeness (QED) is 0.752. The summed E-state index contributed by atoms with van der Waals surface area (Å²) in [4.78, 5) is 14.5. The van der Waals surface area contributed by atoms with Crippen LogP contribution in [-0.4, -0.2) is 30.5 Å². The summed E-state index contributed by atoms with van der Waals surface area (Å²) in [6, 6.07) is 9.84. The predicted molar refractivity (Wildman–Crippen MR) is 84.8 cm³/mol. The summed E-state index contributed by atoms with van der Waals surface area (Å²) >= 11 is 0. The Morgan fingerprint density at radius 1 is 1.29 bits per heavy atom. The number of carbonyl (C=O) groups is 1. The Labute approximate surface area is 128 Å². The maximum absolute atomic E-state index is 12.1. The second-order valence-electron chi connectivity index (χ2n) is 6.55. The number of carbonyl (C=O) groups excluding carboxylic acids is 1. The van der Waals surface area contributed by atoms with Crippen molar-refractivity contribution in [1.82, 2.24) is 4.90 Å². The number of esters is 1. The van der Waals surface area contributed by atoms with Crippen LogP contribution in [0, 0.1) is 17.8 Å². The number of ether oxygens (including phenoxy) is 1. The highest BCUT2D eigenvalue weighted by Gasteiger charge is 2.27. The Kier molecular flexibility index (Phi) is 5.80. The normalized spacial score (nSPS) is 20.7. The topological polar surface area (TPSA) is 29.5 Å². The number of hydrogen-bond acceptors (Lipinski definition) is 3. The van der Waals surface area contributed by atoms with Crippen LogP contribution < -0.4 is 0 Å². The first-order chi connectivity index (χ1) is 10.1. The van der Waals surface area contributed by atoms with Gasteiger partial charge in [0.1, 0.15) is 6.61 Å². The van der Waals surface area contributed by atoms with Gasteiger partial charge in [0.2, 0.25) is 0 Å². The Bertz CT molecular complexity index is 444. The highest BCUT2D eigenvalue weighted by molar-refractivity contribution is 5.72. The molecule has 1 aromatic rings. The van der Waals surface area contributed by atoms with E-state index < -0.39 is 0 Å². The number of likely N-dealkylation sites (tertiary alicyclic amines) is 1. The monoisotopic (exact) mass is 289 g/mol. The van der Waals surface area contributed by atoms with Crippen molar-refractivity contribution >= 4 is 5.97 Å². The second-order valence-corrected chi connectivity index (χ2v) is 6.55. The zero-order chi connectivity index (χ0) is 15.2. The maximum atomic E-state index is 12.1. The second kappa shape index (κ2) is 7.60. The van der Waals surface area contributed by atoms with Gasteiger partial charge in [0.15, 0.2) is 0 Å². The first-order valence-electron chi connectivity index (χ1n) is 7.99. The summed E-state index contributed by atoms with van der Waals surface area (Å²) in [6.45, 7) is 9.95. The van der Waals surface area contributed by atoms with Gasteiger partial charge in [0, 0.05) is 13.1 Å². The molecule has 1 heterocycles. The molecule has 0 N–H and O–H groups in total. The van der Waals surface area contributed by atoms with Gasteiger partial charge in [-0.2, -0.15) is 0 Å². The van der Waals surface area contributed by atoms with Crippen LogP contribution in [0.15, 0.2) is 30.3 Å². The number of benzene rings is 1. The van der Waals surface area contributed by atoms with Crippen LogP contribution in [0.25, 0.3) is 0 Å². The van der Waals surface area contributed by atoms with E-state index in [1.54, 1.807) is 0 Å². The highest BCUT2D eigenvalue weighted by Crippen LogP contribution is 2.24. The van der Waals surface area contributed by atoms with E-state index in [0.717, 1.165) is 37.0 Å². The fourth-order valence-corrected chi connectivity index (χ4v) is 2.91. The number of hydrogen-bond donors (Lipinski definition) is 0. The van der Waals surface area contributed by atoms with Crippen molar-refractivity contribution in [2.24, 2.45) is 17.8 Å². The van der Waals surface area contributed by atoms with Crippen LogP contribution in [0.5, 0.6) is 0 Å². The molecule has 2 rings (SSSR count). The van der Waals surface area contributed by atoms with Gasteiger partial charge in [-0.1, -0.05) is 51.1 Å². The Morgan fingerprint density at radius 3 is 2.62 bits per heavy atom. The van der Waals surface area contributed by atoms with E-state index in [-0.39, 0.29) is 11.9 Å². The molecule has 1 fully saturated rings. The lowest BCUT2D eigenvalue weighted by molar-refractivity contribution is -0.149. The molecule has 1 aliphatic heterocycles. The Morgan fingerprint density at radius 2 is 2.00 bits per heavy atom. The van der Waals surface area contributed by atoms with Gasteiger partial charge in [-0.05, 0) is 30.4 Å². The summed E-state index contributed by atoms with van der Waals surface area (Å²) in [6.07, 6.45) is 1.25. The van der Waals surface area contributed by atoms with E-state index in [2.05, 4.69) is 18.7 Å². The maximum Gasteiger partial charge on any atom is 0.310 e. The van der Waals surface area contributed by atoms with Gasteiger partial charge >= 0.3 is 5.97 Å². The van der Waals surface area contributed by atoms with Gasteiger partial charge in [-0.3, -0.25) is 4.79 Å². The summed E-state index contributed by atoms with van der Waals surface area (Å²) in [7, 11) is 0. The van der Waals surface area contributed by atoms with E-state index >= 15 is 0 Å².